The number of amides is 1. The lowest BCUT2D eigenvalue weighted by Crippen LogP contribution is -2.17. The van der Waals surface area contributed by atoms with E-state index in [1.54, 1.807) is 48.5 Å². The van der Waals surface area contributed by atoms with E-state index in [4.69, 9.17) is 10.9 Å². The lowest BCUT2D eigenvalue weighted by atomic mass is 10.2. The molecule has 0 radical (unpaired) electrons. The minimum Gasteiger partial charge on any atom is -0.411 e. The van der Waals surface area contributed by atoms with Gasteiger partial charge in [-0.3, -0.25) is 4.79 Å². The Morgan fingerprint density at radius 2 is 1.57 bits per heavy atom. The van der Waals surface area contributed by atoms with Gasteiger partial charge in [-0.15, -0.1) is 0 Å². The monoisotopic (exact) mass is 282 g/mol. The van der Waals surface area contributed by atoms with Crippen LogP contribution in [0.15, 0.2) is 58.8 Å². The Kier molecular flexibility index (Phi) is 4.66. The molecule has 4 N–H and O–H groups in total. The van der Waals surface area contributed by atoms with Gasteiger partial charge in [0.25, 0.3) is 5.91 Å². The average Bonchev–Trinajstić information content (AvgIpc) is 2.50. The summed E-state index contributed by atoms with van der Waals surface area (Å²) in [7, 11) is 0. The molecule has 0 spiro atoms. The van der Waals surface area contributed by atoms with E-state index in [0.717, 1.165) is 11.1 Å². The van der Waals surface area contributed by atoms with E-state index in [1.165, 1.54) is 12.4 Å². The van der Waals surface area contributed by atoms with Crippen molar-refractivity contribution in [1.82, 2.24) is 5.43 Å². The molecule has 0 fully saturated rings. The number of anilines is 1. The van der Waals surface area contributed by atoms with Crippen molar-refractivity contribution < 1.29 is 10.0 Å². The maximum atomic E-state index is 11.8. The van der Waals surface area contributed by atoms with E-state index in [0.29, 0.717) is 11.3 Å². The first-order valence-corrected chi connectivity index (χ1v) is 6.15. The minimum absolute atomic E-state index is 0.310. The lowest BCUT2D eigenvalue weighted by Gasteiger charge is -2.00. The first-order valence-electron chi connectivity index (χ1n) is 6.15. The Labute approximate surface area is 121 Å². The van der Waals surface area contributed by atoms with E-state index in [2.05, 4.69) is 15.7 Å². The zero-order valence-electron chi connectivity index (χ0n) is 11.1. The van der Waals surface area contributed by atoms with Crippen molar-refractivity contribution >= 4 is 24.0 Å². The summed E-state index contributed by atoms with van der Waals surface area (Å²) < 4.78 is 0. The molecule has 106 valence electrons. The summed E-state index contributed by atoms with van der Waals surface area (Å²) in [6.45, 7) is 0. The maximum absolute atomic E-state index is 11.8. The van der Waals surface area contributed by atoms with Crippen LogP contribution in [0.3, 0.4) is 0 Å². The molecule has 2 aromatic carbocycles. The van der Waals surface area contributed by atoms with Crippen LogP contribution in [-0.2, 0) is 0 Å². The van der Waals surface area contributed by atoms with Crippen molar-refractivity contribution in [3.05, 3.63) is 65.2 Å². The van der Waals surface area contributed by atoms with Crippen LogP contribution in [0, 0.1) is 0 Å². The van der Waals surface area contributed by atoms with E-state index < -0.39 is 0 Å². The predicted octanol–water partition coefficient (Wildman–Crippen LogP) is 1.84. The van der Waals surface area contributed by atoms with Crippen LogP contribution in [0.4, 0.5) is 5.69 Å². The molecule has 0 atom stereocenters. The molecule has 0 aliphatic rings. The smallest absolute Gasteiger partial charge is 0.271 e. The molecular weight excluding hydrogens is 268 g/mol. The highest BCUT2D eigenvalue weighted by Crippen LogP contribution is 2.05. The summed E-state index contributed by atoms with van der Waals surface area (Å²) in [5.41, 5.74) is 10.6. The first kappa shape index (κ1) is 14.3. The minimum atomic E-state index is -0.310. The molecule has 0 saturated carbocycles. The third-order valence-corrected chi connectivity index (χ3v) is 2.70. The Hall–Kier alpha value is -3.15. The number of nitrogens with two attached hydrogens (primary N) is 1. The Morgan fingerprint density at radius 1 is 1.00 bits per heavy atom. The van der Waals surface area contributed by atoms with E-state index >= 15 is 0 Å². The fourth-order valence-electron chi connectivity index (χ4n) is 1.60. The number of nitrogens with zero attached hydrogens (tertiary/aromatic N) is 2. The second kappa shape index (κ2) is 6.85. The van der Waals surface area contributed by atoms with Gasteiger partial charge < -0.3 is 10.9 Å². The Balaban J connectivity index is 1.95. The van der Waals surface area contributed by atoms with Gasteiger partial charge in [0.2, 0.25) is 0 Å². The number of carbonyl (C=O) groups is 1. The van der Waals surface area contributed by atoms with Crippen molar-refractivity contribution in [2.45, 2.75) is 0 Å². The summed E-state index contributed by atoms with van der Waals surface area (Å²) in [6.07, 6.45) is 2.85. The molecule has 0 saturated heterocycles. The third-order valence-electron chi connectivity index (χ3n) is 2.70. The number of carbonyl (C=O) groups excluding carboxylic acids is 1. The SMILES string of the molecule is Nc1ccc(C(=O)N/N=C/c2ccc(/C=N/O)cc2)cc1. The summed E-state index contributed by atoms with van der Waals surface area (Å²) in [5.74, 6) is -0.310. The third kappa shape index (κ3) is 4.17. The summed E-state index contributed by atoms with van der Waals surface area (Å²) in [6, 6.07) is 13.7. The van der Waals surface area contributed by atoms with Gasteiger partial charge in [-0.2, -0.15) is 5.10 Å². The molecule has 0 unspecified atom stereocenters. The van der Waals surface area contributed by atoms with Crippen molar-refractivity contribution in [2.75, 3.05) is 5.73 Å². The second-order valence-corrected chi connectivity index (χ2v) is 4.23. The number of oxime groups is 1. The highest BCUT2D eigenvalue weighted by atomic mass is 16.4. The van der Waals surface area contributed by atoms with Crippen LogP contribution in [0.2, 0.25) is 0 Å². The highest BCUT2D eigenvalue weighted by Gasteiger charge is 2.02. The van der Waals surface area contributed by atoms with Gasteiger partial charge in [-0.25, -0.2) is 5.43 Å². The largest absolute Gasteiger partial charge is 0.411 e. The lowest BCUT2D eigenvalue weighted by molar-refractivity contribution is 0.0955. The number of nitrogens with one attached hydrogen (secondary N) is 1. The quantitative estimate of drug-likeness (QED) is 0.345. The van der Waals surface area contributed by atoms with Crippen LogP contribution in [0.5, 0.6) is 0 Å². The predicted molar refractivity (Wildman–Crippen MR) is 81.7 cm³/mol. The normalized spacial score (nSPS) is 11.0. The molecule has 1 amide bonds. The molecule has 0 aromatic heterocycles. The van der Waals surface area contributed by atoms with Gasteiger partial charge in [-0.05, 0) is 35.4 Å². The fraction of sp³-hybridized carbons (Fsp3) is 0. The van der Waals surface area contributed by atoms with Crippen molar-refractivity contribution in [3.8, 4) is 0 Å². The fourth-order valence-corrected chi connectivity index (χ4v) is 1.60. The molecule has 0 bridgehead atoms. The Morgan fingerprint density at radius 3 is 2.14 bits per heavy atom. The van der Waals surface area contributed by atoms with Crippen LogP contribution in [-0.4, -0.2) is 23.5 Å². The van der Waals surface area contributed by atoms with Gasteiger partial charge >= 0.3 is 0 Å². The average molecular weight is 282 g/mol. The van der Waals surface area contributed by atoms with Crippen LogP contribution >= 0.6 is 0 Å². The van der Waals surface area contributed by atoms with Crippen LogP contribution in [0.1, 0.15) is 21.5 Å². The maximum Gasteiger partial charge on any atom is 0.271 e. The van der Waals surface area contributed by atoms with Crippen molar-refractivity contribution in [3.63, 3.8) is 0 Å². The summed E-state index contributed by atoms with van der Waals surface area (Å²) in [4.78, 5) is 11.8. The molecule has 6 nitrogen and oxygen atoms in total. The van der Waals surface area contributed by atoms with Crippen molar-refractivity contribution in [2.24, 2.45) is 10.3 Å². The first-order chi connectivity index (χ1) is 10.2. The summed E-state index contributed by atoms with van der Waals surface area (Å²) in [5, 5.41) is 15.2. The number of hydrogen-bond acceptors (Lipinski definition) is 5. The molecule has 0 heterocycles. The van der Waals surface area contributed by atoms with E-state index in [1.807, 2.05) is 0 Å². The summed E-state index contributed by atoms with van der Waals surface area (Å²) >= 11 is 0. The molecule has 0 aliphatic heterocycles. The van der Waals surface area contributed by atoms with Crippen molar-refractivity contribution in [1.29, 1.82) is 0 Å². The number of hydrazone groups is 1. The van der Waals surface area contributed by atoms with Gasteiger partial charge in [-0.1, -0.05) is 29.4 Å². The van der Waals surface area contributed by atoms with Gasteiger partial charge in [0.05, 0.1) is 12.4 Å². The zero-order chi connectivity index (χ0) is 15.1. The van der Waals surface area contributed by atoms with Crippen LogP contribution < -0.4 is 11.2 Å². The number of rotatable bonds is 4. The highest BCUT2D eigenvalue weighted by molar-refractivity contribution is 5.95. The number of nitrogen functional groups attached to an aromatic ring is 1. The number of hydrogen-bond donors (Lipinski definition) is 3. The molecule has 2 aromatic rings. The number of benzene rings is 2. The second-order valence-electron chi connectivity index (χ2n) is 4.23. The van der Waals surface area contributed by atoms with E-state index in [-0.39, 0.29) is 5.91 Å². The molecule has 6 heteroatoms. The molecule has 0 aliphatic carbocycles. The molecule has 2 rings (SSSR count). The van der Waals surface area contributed by atoms with Gasteiger partial charge in [0.15, 0.2) is 0 Å². The standard InChI is InChI=1S/C15H14N4O2/c16-14-7-5-13(6-8-14)15(20)19-17-9-11-1-3-12(4-2-11)10-18-21/h1-10,21H,16H2,(H,19,20)/b17-9+,18-10+. The van der Waals surface area contributed by atoms with Crippen LogP contribution in [0.25, 0.3) is 0 Å². The topological polar surface area (TPSA) is 100 Å². The van der Waals surface area contributed by atoms with E-state index in [9.17, 15) is 4.79 Å². The van der Waals surface area contributed by atoms with Gasteiger partial charge in [0.1, 0.15) is 0 Å². The van der Waals surface area contributed by atoms with Gasteiger partial charge in [0, 0.05) is 11.3 Å². The Bertz CT molecular complexity index is 661. The zero-order valence-corrected chi connectivity index (χ0v) is 11.1. The molecule has 21 heavy (non-hydrogen) atoms. The molecular formula is C15H14N4O2.